The van der Waals surface area contributed by atoms with Crippen LogP contribution in [0.25, 0.3) is 0 Å². The minimum Gasteiger partial charge on any atom is -0.478 e. The van der Waals surface area contributed by atoms with E-state index in [-0.39, 0.29) is 5.92 Å². The van der Waals surface area contributed by atoms with Gasteiger partial charge in [0.2, 0.25) is 17.7 Å². The molecule has 0 amide bonds. The Morgan fingerprint density at radius 2 is 1.46 bits per heavy atom. The fraction of sp³-hybridized carbons (Fsp3) is 0.690. The van der Waals surface area contributed by atoms with Crippen molar-refractivity contribution in [3.05, 3.63) is 41.2 Å². The zero-order chi connectivity index (χ0) is 24.7. The molecule has 0 spiro atoms. The lowest BCUT2D eigenvalue weighted by Gasteiger charge is -2.25. The van der Waals surface area contributed by atoms with Gasteiger partial charge in [-0.25, -0.2) is 4.98 Å². The van der Waals surface area contributed by atoms with E-state index in [1.54, 1.807) is 6.20 Å². The van der Waals surface area contributed by atoms with Crippen molar-refractivity contribution < 1.29 is 13.9 Å². The maximum Gasteiger partial charge on any atom is 0.219 e. The van der Waals surface area contributed by atoms with Gasteiger partial charge in [0, 0.05) is 29.8 Å². The summed E-state index contributed by atoms with van der Waals surface area (Å²) in [6, 6.07) is 3.72. The Balaban J connectivity index is 1.58. The summed E-state index contributed by atoms with van der Waals surface area (Å²) < 4.78 is 26.6. The second kappa shape index (κ2) is 15.7. The maximum atomic E-state index is 14.9. The molecule has 0 bridgehead atoms. The van der Waals surface area contributed by atoms with Crippen molar-refractivity contribution in [3.63, 3.8) is 0 Å². The van der Waals surface area contributed by atoms with Crippen molar-refractivity contribution in [1.82, 2.24) is 15.0 Å². The third-order valence-corrected chi connectivity index (χ3v) is 6.84. The van der Waals surface area contributed by atoms with Gasteiger partial charge in [-0.2, -0.15) is 14.4 Å². The molecule has 0 N–H and O–H groups in total. The van der Waals surface area contributed by atoms with Crippen LogP contribution in [0.5, 0.6) is 11.8 Å². The first-order valence-electron chi connectivity index (χ1n) is 14.0. The number of rotatable bonds is 17. The van der Waals surface area contributed by atoms with E-state index < -0.39 is 5.95 Å². The molecule has 1 aliphatic carbocycles. The average molecular weight is 486 g/mol. The number of nitrogens with zero attached hydrogens (tertiary/aromatic N) is 3. The quantitative estimate of drug-likeness (QED) is 0.168. The Bertz CT molecular complexity index is 877. The standard InChI is InChI=1S/C29H44FN3O2/c1-3-5-7-9-11-13-20-34-26-18-19-31-29(33-26)24-17-15-16-23-25(24)22-27(32-28(23)30)35-21-14-12-10-8-6-4-2/h18-19,22,24H,3-17,20-21H2,1-2H3. The molecule has 0 aliphatic heterocycles. The molecule has 2 aromatic rings. The number of halogens is 1. The van der Waals surface area contributed by atoms with Crippen LogP contribution in [0.1, 0.15) is 127 Å². The first-order chi connectivity index (χ1) is 17.2. The lowest BCUT2D eigenvalue weighted by Crippen LogP contribution is -2.17. The highest BCUT2D eigenvalue weighted by Gasteiger charge is 2.28. The summed E-state index contributed by atoms with van der Waals surface area (Å²) in [5, 5.41) is 0. The zero-order valence-electron chi connectivity index (χ0n) is 21.9. The minimum absolute atomic E-state index is 0.0646. The summed E-state index contributed by atoms with van der Waals surface area (Å²) >= 11 is 0. The van der Waals surface area contributed by atoms with Crippen LogP contribution in [0.4, 0.5) is 4.39 Å². The largest absolute Gasteiger partial charge is 0.478 e. The Morgan fingerprint density at radius 3 is 2.14 bits per heavy atom. The third-order valence-electron chi connectivity index (χ3n) is 6.84. The SMILES string of the molecule is CCCCCCCCOc1ccnc(C2CCCc3c2cc(OCCCCCCCC)nc3F)n1. The Morgan fingerprint density at radius 1 is 0.829 bits per heavy atom. The highest BCUT2D eigenvalue weighted by atomic mass is 19.1. The van der Waals surface area contributed by atoms with Gasteiger partial charge in [0.25, 0.3) is 0 Å². The number of hydrogen-bond acceptors (Lipinski definition) is 5. The summed E-state index contributed by atoms with van der Waals surface area (Å²) in [6.07, 6.45) is 18.7. The first kappa shape index (κ1) is 27.3. The molecule has 2 heterocycles. The monoisotopic (exact) mass is 485 g/mol. The van der Waals surface area contributed by atoms with E-state index in [4.69, 9.17) is 14.5 Å². The molecular weight excluding hydrogens is 441 g/mol. The number of unbranched alkanes of at least 4 members (excludes halogenated alkanes) is 10. The summed E-state index contributed by atoms with van der Waals surface area (Å²) in [6.45, 7) is 5.69. The van der Waals surface area contributed by atoms with E-state index >= 15 is 0 Å². The van der Waals surface area contributed by atoms with Crippen LogP contribution >= 0.6 is 0 Å². The van der Waals surface area contributed by atoms with Crippen LogP contribution in [0.3, 0.4) is 0 Å². The zero-order valence-corrected chi connectivity index (χ0v) is 21.9. The molecule has 6 heteroatoms. The van der Waals surface area contributed by atoms with Crippen molar-refractivity contribution in [3.8, 4) is 11.8 Å². The van der Waals surface area contributed by atoms with Gasteiger partial charge < -0.3 is 9.47 Å². The molecule has 194 valence electrons. The fourth-order valence-electron chi connectivity index (χ4n) is 4.80. The van der Waals surface area contributed by atoms with Crippen LogP contribution in [0.2, 0.25) is 0 Å². The summed E-state index contributed by atoms with van der Waals surface area (Å²) in [5.41, 5.74) is 1.59. The van der Waals surface area contributed by atoms with Crippen molar-refractivity contribution >= 4 is 0 Å². The predicted octanol–water partition coefficient (Wildman–Crippen LogP) is 7.96. The van der Waals surface area contributed by atoms with Gasteiger partial charge >= 0.3 is 0 Å². The number of aromatic nitrogens is 3. The topological polar surface area (TPSA) is 57.1 Å². The Kier molecular flexibility index (Phi) is 12.3. The molecule has 35 heavy (non-hydrogen) atoms. The second-order valence-corrected chi connectivity index (χ2v) is 9.75. The van der Waals surface area contributed by atoms with Crippen molar-refractivity contribution in [2.75, 3.05) is 13.2 Å². The lowest BCUT2D eigenvalue weighted by atomic mass is 9.83. The van der Waals surface area contributed by atoms with Gasteiger partial charge in [0.05, 0.1) is 13.2 Å². The Labute approximate surface area is 211 Å². The highest BCUT2D eigenvalue weighted by molar-refractivity contribution is 5.39. The van der Waals surface area contributed by atoms with Crippen LogP contribution in [-0.2, 0) is 6.42 Å². The second-order valence-electron chi connectivity index (χ2n) is 9.75. The molecule has 1 aliphatic rings. The molecule has 0 radical (unpaired) electrons. The number of ether oxygens (including phenoxy) is 2. The van der Waals surface area contributed by atoms with E-state index in [0.29, 0.717) is 42.8 Å². The number of hydrogen-bond donors (Lipinski definition) is 0. The van der Waals surface area contributed by atoms with Crippen LogP contribution < -0.4 is 9.47 Å². The van der Waals surface area contributed by atoms with Gasteiger partial charge in [-0.15, -0.1) is 0 Å². The molecule has 1 unspecified atom stereocenters. The molecule has 0 aromatic carbocycles. The van der Waals surface area contributed by atoms with Gasteiger partial charge in [0.1, 0.15) is 5.82 Å². The lowest BCUT2D eigenvalue weighted by molar-refractivity contribution is 0.286. The van der Waals surface area contributed by atoms with Crippen LogP contribution in [-0.4, -0.2) is 28.2 Å². The van der Waals surface area contributed by atoms with Crippen molar-refractivity contribution in [2.24, 2.45) is 0 Å². The van der Waals surface area contributed by atoms with Gasteiger partial charge in [-0.3, -0.25) is 0 Å². The van der Waals surface area contributed by atoms with Crippen molar-refractivity contribution in [1.29, 1.82) is 0 Å². The van der Waals surface area contributed by atoms with E-state index in [2.05, 4.69) is 23.8 Å². The fourth-order valence-corrected chi connectivity index (χ4v) is 4.80. The normalized spacial score (nSPS) is 15.1. The number of fused-ring (bicyclic) bond motifs is 1. The molecule has 5 nitrogen and oxygen atoms in total. The van der Waals surface area contributed by atoms with E-state index in [9.17, 15) is 4.39 Å². The predicted molar refractivity (Wildman–Crippen MR) is 139 cm³/mol. The minimum atomic E-state index is -0.416. The third kappa shape index (κ3) is 9.05. The smallest absolute Gasteiger partial charge is 0.219 e. The average Bonchev–Trinajstić information content (AvgIpc) is 2.87. The molecule has 0 saturated carbocycles. The van der Waals surface area contributed by atoms with Gasteiger partial charge in [0.15, 0.2) is 0 Å². The summed E-state index contributed by atoms with van der Waals surface area (Å²) in [5.74, 6) is 1.19. The maximum absolute atomic E-state index is 14.9. The Hall–Kier alpha value is -2.24. The molecule has 2 aromatic heterocycles. The molecule has 0 fully saturated rings. The number of pyridine rings is 1. The molecule has 0 saturated heterocycles. The highest BCUT2D eigenvalue weighted by Crippen LogP contribution is 2.38. The molecule has 3 rings (SSSR count). The van der Waals surface area contributed by atoms with Crippen LogP contribution in [0.15, 0.2) is 18.3 Å². The van der Waals surface area contributed by atoms with E-state index in [0.717, 1.165) is 37.7 Å². The van der Waals surface area contributed by atoms with E-state index in [1.807, 2.05) is 12.1 Å². The first-order valence-corrected chi connectivity index (χ1v) is 14.0. The summed E-state index contributed by atoms with van der Waals surface area (Å²) in [4.78, 5) is 13.3. The van der Waals surface area contributed by atoms with Gasteiger partial charge in [-0.05, 0) is 37.7 Å². The van der Waals surface area contributed by atoms with Crippen molar-refractivity contribution in [2.45, 2.75) is 116 Å². The van der Waals surface area contributed by atoms with E-state index in [1.165, 1.54) is 57.8 Å². The summed E-state index contributed by atoms with van der Waals surface area (Å²) in [7, 11) is 0. The molecular formula is C29H44FN3O2. The van der Waals surface area contributed by atoms with Gasteiger partial charge in [-0.1, -0.05) is 78.1 Å². The molecule has 1 atom stereocenters. The van der Waals surface area contributed by atoms with Crippen LogP contribution in [0, 0.1) is 5.95 Å².